The van der Waals surface area contributed by atoms with E-state index in [2.05, 4.69) is 6.58 Å². The second-order valence-electron chi connectivity index (χ2n) is 3.65. The third kappa shape index (κ3) is 1.52. The molecule has 0 spiro atoms. The number of carbonyl (C=O) groups excluding carboxylic acids is 1. The van der Waals surface area contributed by atoms with Crippen molar-refractivity contribution < 1.29 is 9.53 Å². The molecule has 0 saturated carbocycles. The van der Waals surface area contributed by atoms with Crippen molar-refractivity contribution in [3.8, 4) is 0 Å². The molecule has 0 radical (unpaired) electrons. The highest BCUT2D eigenvalue weighted by Gasteiger charge is 2.42. The first-order valence-corrected chi connectivity index (χ1v) is 4.42. The van der Waals surface area contributed by atoms with Crippen molar-refractivity contribution in [2.45, 2.75) is 33.1 Å². The molecule has 0 aromatic heterocycles. The Bertz CT molecular complexity index is 208. The van der Waals surface area contributed by atoms with Gasteiger partial charge in [0, 0.05) is 0 Å². The molecule has 12 heavy (non-hydrogen) atoms. The van der Waals surface area contributed by atoms with Gasteiger partial charge in [-0.2, -0.15) is 0 Å². The number of ether oxygens (including phenoxy) is 1. The lowest BCUT2D eigenvalue weighted by Gasteiger charge is -2.22. The van der Waals surface area contributed by atoms with Crippen molar-refractivity contribution in [1.29, 1.82) is 0 Å². The van der Waals surface area contributed by atoms with Gasteiger partial charge in [0.2, 0.25) is 0 Å². The molecular weight excluding hydrogens is 152 g/mol. The van der Waals surface area contributed by atoms with Crippen molar-refractivity contribution in [2.75, 3.05) is 6.61 Å². The van der Waals surface area contributed by atoms with Crippen LogP contribution in [-0.4, -0.2) is 12.6 Å². The molecule has 1 aliphatic rings. The zero-order valence-electron chi connectivity index (χ0n) is 7.85. The molecule has 1 rings (SSSR count). The summed E-state index contributed by atoms with van der Waals surface area (Å²) in [4.78, 5) is 11.4. The van der Waals surface area contributed by atoms with E-state index in [4.69, 9.17) is 4.74 Å². The highest BCUT2D eigenvalue weighted by atomic mass is 16.5. The summed E-state index contributed by atoms with van der Waals surface area (Å²) in [5.74, 6) is -0.0343. The van der Waals surface area contributed by atoms with Gasteiger partial charge < -0.3 is 4.74 Å². The van der Waals surface area contributed by atoms with Crippen molar-refractivity contribution in [2.24, 2.45) is 5.41 Å². The predicted octanol–water partition coefficient (Wildman–Crippen LogP) is 2.30. The van der Waals surface area contributed by atoms with Crippen LogP contribution in [0.1, 0.15) is 33.1 Å². The molecule has 2 nitrogen and oxygen atoms in total. The standard InChI is InChI=1S/C10H16O2/c1-4-10(7-8(2)3)5-6-12-9(10)11/h2,4-7H2,1,3H3. The Morgan fingerprint density at radius 1 is 1.75 bits per heavy atom. The van der Waals surface area contributed by atoms with E-state index in [1.54, 1.807) is 0 Å². The van der Waals surface area contributed by atoms with Gasteiger partial charge in [-0.05, 0) is 26.2 Å². The van der Waals surface area contributed by atoms with Crippen LogP contribution in [-0.2, 0) is 9.53 Å². The Morgan fingerprint density at radius 2 is 2.42 bits per heavy atom. The van der Waals surface area contributed by atoms with Crippen LogP contribution in [0.2, 0.25) is 0 Å². The second-order valence-corrected chi connectivity index (χ2v) is 3.65. The average Bonchev–Trinajstić information content (AvgIpc) is 2.32. The molecule has 1 saturated heterocycles. The first kappa shape index (κ1) is 9.30. The Morgan fingerprint density at radius 3 is 2.75 bits per heavy atom. The fourth-order valence-corrected chi connectivity index (χ4v) is 1.78. The quantitative estimate of drug-likeness (QED) is 0.477. The second kappa shape index (κ2) is 3.30. The number of esters is 1. The van der Waals surface area contributed by atoms with Crippen LogP contribution < -0.4 is 0 Å². The van der Waals surface area contributed by atoms with E-state index >= 15 is 0 Å². The Hall–Kier alpha value is -0.790. The summed E-state index contributed by atoms with van der Waals surface area (Å²) >= 11 is 0. The summed E-state index contributed by atoms with van der Waals surface area (Å²) in [5, 5.41) is 0. The van der Waals surface area contributed by atoms with Crippen LogP contribution in [0.5, 0.6) is 0 Å². The molecule has 1 aliphatic heterocycles. The van der Waals surface area contributed by atoms with E-state index in [0.29, 0.717) is 6.61 Å². The zero-order valence-corrected chi connectivity index (χ0v) is 7.85. The van der Waals surface area contributed by atoms with E-state index in [1.165, 1.54) is 0 Å². The molecule has 1 fully saturated rings. The number of hydrogen-bond acceptors (Lipinski definition) is 2. The summed E-state index contributed by atoms with van der Waals surface area (Å²) in [6.45, 7) is 8.42. The lowest BCUT2D eigenvalue weighted by atomic mass is 9.78. The number of allylic oxidation sites excluding steroid dienone is 1. The van der Waals surface area contributed by atoms with Gasteiger partial charge in [-0.15, -0.1) is 6.58 Å². The maximum Gasteiger partial charge on any atom is 0.312 e. The van der Waals surface area contributed by atoms with E-state index in [0.717, 1.165) is 24.8 Å². The van der Waals surface area contributed by atoms with Gasteiger partial charge in [0.15, 0.2) is 0 Å². The summed E-state index contributed by atoms with van der Waals surface area (Å²) in [7, 11) is 0. The van der Waals surface area contributed by atoms with Crippen molar-refractivity contribution >= 4 is 5.97 Å². The average molecular weight is 168 g/mol. The van der Waals surface area contributed by atoms with Crippen molar-refractivity contribution in [3.63, 3.8) is 0 Å². The fraction of sp³-hybridized carbons (Fsp3) is 0.700. The SMILES string of the molecule is C=C(C)CC1(CC)CCOC1=O. The van der Waals surface area contributed by atoms with E-state index in [1.807, 2.05) is 13.8 Å². The number of cyclic esters (lactones) is 1. The molecule has 0 N–H and O–H groups in total. The largest absolute Gasteiger partial charge is 0.465 e. The van der Waals surface area contributed by atoms with Crippen LogP contribution >= 0.6 is 0 Å². The van der Waals surface area contributed by atoms with E-state index in [9.17, 15) is 4.79 Å². The molecule has 0 aromatic carbocycles. The van der Waals surface area contributed by atoms with Crippen molar-refractivity contribution in [3.05, 3.63) is 12.2 Å². The van der Waals surface area contributed by atoms with Gasteiger partial charge in [-0.1, -0.05) is 12.5 Å². The van der Waals surface area contributed by atoms with E-state index < -0.39 is 0 Å². The number of rotatable bonds is 3. The summed E-state index contributed by atoms with van der Waals surface area (Å²) < 4.78 is 4.98. The van der Waals surface area contributed by atoms with Crippen LogP contribution in [0.4, 0.5) is 0 Å². The van der Waals surface area contributed by atoms with Crippen LogP contribution in [0.15, 0.2) is 12.2 Å². The summed E-state index contributed by atoms with van der Waals surface area (Å²) in [5.41, 5.74) is 0.821. The van der Waals surface area contributed by atoms with Gasteiger partial charge in [0.1, 0.15) is 0 Å². The Balaban J connectivity index is 2.74. The van der Waals surface area contributed by atoms with Gasteiger partial charge >= 0.3 is 5.97 Å². The normalized spacial score (nSPS) is 28.7. The van der Waals surface area contributed by atoms with E-state index in [-0.39, 0.29) is 11.4 Å². The minimum atomic E-state index is -0.244. The number of hydrogen-bond donors (Lipinski definition) is 0. The highest BCUT2D eigenvalue weighted by molar-refractivity contribution is 5.78. The molecule has 0 amide bonds. The highest BCUT2D eigenvalue weighted by Crippen LogP contribution is 2.38. The molecule has 0 bridgehead atoms. The first-order valence-electron chi connectivity index (χ1n) is 4.42. The molecule has 1 atom stereocenters. The minimum absolute atomic E-state index is 0.0343. The number of carbonyl (C=O) groups is 1. The lowest BCUT2D eigenvalue weighted by molar-refractivity contribution is -0.146. The molecule has 1 heterocycles. The predicted molar refractivity (Wildman–Crippen MR) is 47.7 cm³/mol. The van der Waals surface area contributed by atoms with Gasteiger partial charge in [0.05, 0.1) is 12.0 Å². The maximum atomic E-state index is 11.4. The summed E-state index contributed by atoms with van der Waals surface area (Å²) in [6, 6.07) is 0. The third-order valence-electron chi connectivity index (χ3n) is 2.56. The van der Waals surface area contributed by atoms with Gasteiger partial charge in [-0.3, -0.25) is 4.79 Å². The smallest absolute Gasteiger partial charge is 0.312 e. The minimum Gasteiger partial charge on any atom is -0.465 e. The van der Waals surface area contributed by atoms with Gasteiger partial charge in [0.25, 0.3) is 0 Å². The Kier molecular flexibility index (Phi) is 2.55. The first-order chi connectivity index (χ1) is 5.60. The molecule has 0 aromatic rings. The monoisotopic (exact) mass is 168 g/mol. The van der Waals surface area contributed by atoms with Crippen LogP contribution in [0.3, 0.4) is 0 Å². The third-order valence-corrected chi connectivity index (χ3v) is 2.56. The molecule has 0 aliphatic carbocycles. The van der Waals surface area contributed by atoms with Gasteiger partial charge in [-0.25, -0.2) is 0 Å². The maximum absolute atomic E-state index is 11.4. The molecule has 1 unspecified atom stereocenters. The lowest BCUT2D eigenvalue weighted by Crippen LogP contribution is -2.25. The molecule has 68 valence electrons. The summed E-state index contributed by atoms with van der Waals surface area (Å²) in [6.07, 6.45) is 2.50. The van der Waals surface area contributed by atoms with Crippen LogP contribution in [0, 0.1) is 5.41 Å². The van der Waals surface area contributed by atoms with Crippen LogP contribution in [0.25, 0.3) is 0 Å². The molecule has 2 heteroatoms. The fourth-order valence-electron chi connectivity index (χ4n) is 1.78. The zero-order chi connectivity index (χ0) is 9.19. The topological polar surface area (TPSA) is 26.3 Å². The molecular formula is C10H16O2. The Labute approximate surface area is 73.6 Å². The van der Waals surface area contributed by atoms with Crippen molar-refractivity contribution in [1.82, 2.24) is 0 Å².